The SMILES string of the molecule is O=C1CNC(=O)[C@]2(C[C@H](C(=O)O)C2)N1Cc1ccc(Cl)cc1. The van der Waals surface area contributed by atoms with Crippen molar-refractivity contribution in [2.75, 3.05) is 6.54 Å². The summed E-state index contributed by atoms with van der Waals surface area (Å²) < 4.78 is 0. The standard InChI is InChI=1S/C15H15ClN2O4/c16-11-3-1-9(2-4-11)8-18-12(19)7-17-14(22)15(18)5-10(6-15)13(20)21/h1-4,10H,5-8H2,(H,17,22)(H,20,21)/t10-,15+. The Hall–Kier alpha value is -2.08. The molecule has 0 radical (unpaired) electrons. The van der Waals surface area contributed by atoms with E-state index in [-0.39, 0.29) is 37.7 Å². The van der Waals surface area contributed by atoms with Crippen molar-refractivity contribution in [2.24, 2.45) is 5.92 Å². The first kappa shape index (κ1) is 14.8. The largest absolute Gasteiger partial charge is 0.481 e. The summed E-state index contributed by atoms with van der Waals surface area (Å²) in [6, 6.07) is 7.03. The molecule has 1 spiro atoms. The van der Waals surface area contributed by atoms with Crippen LogP contribution in [0, 0.1) is 5.92 Å². The Morgan fingerprint density at radius 3 is 2.55 bits per heavy atom. The van der Waals surface area contributed by atoms with E-state index in [1.54, 1.807) is 24.3 Å². The van der Waals surface area contributed by atoms with Crippen LogP contribution in [0.1, 0.15) is 18.4 Å². The van der Waals surface area contributed by atoms with Gasteiger partial charge in [-0.1, -0.05) is 23.7 Å². The number of carbonyl (C=O) groups excluding carboxylic acids is 2. The average Bonchev–Trinajstić information content (AvgIpc) is 2.43. The van der Waals surface area contributed by atoms with Gasteiger partial charge >= 0.3 is 5.97 Å². The van der Waals surface area contributed by atoms with Gasteiger partial charge in [-0.05, 0) is 30.5 Å². The molecule has 0 aromatic heterocycles. The Morgan fingerprint density at radius 1 is 1.32 bits per heavy atom. The summed E-state index contributed by atoms with van der Waals surface area (Å²) in [5, 5.41) is 12.2. The number of amides is 2. The fraction of sp³-hybridized carbons (Fsp3) is 0.400. The van der Waals surface area contributed by atoms with Crippen LogP contribution in [-0.4, -0.2) is 39.9 Å². The molecule has 1 aromatic carbocycles. The zero-order valence-corrected chi connectivity index (χ0v) is 12.5. The Bertz CT molecular complexity index is 637. The second-order valence-electron chi connectivity index (χ2n) is 5.76. The number of nitrogens with one attached hydrogen (secondary N) is 1. The molecule has 0 unspecified atom stereocenters. The first-order chi connectivity index (χ1) is 10.4. The quantitative estimate of drug-likeness (QED) is 0.870. The molecule has 6 nitrogen and oxygen atoms in total. The molecular formula is C15H15ClN2O4. The zero-order valence-electron chi connectivity index (χ0n) is 11.7. The molecule has 22 heavy (non-hydrogen) atoms. The number of carboxylic acids is 1. The summed E-state index contributed by atoms with van der Waals surface area (Å²) in [6.45, 7) is 0.224. The molecule has 1 aromatic rings. The molecule has 2 aliphatic rings. The lowest BCUT2D eigenvalue weighted by Gasteiger charge is -2.53. The number of carboxylic acid groups (broad SMARTS) is 1. The number of hydrogen-bond acceptors (Lipinski definition) is 3. The average molecular weight is 323 g/mol. The molecule has 3 rings (SSSR count). The topological polar surface area (TPSA) is 86.7 Å². The van der Waals surface area contributed by atoms with Crippen LogP contribution in [0.4, 0.5) is 0 Å². The van der Waals surface area contributed by atoms with E-state index in [0.717, 1.165) is 5.56 Å². The Kier molecular flexibility index (Phi) is 3.56. The van der Waals surface area contributed by atoms with Crippen molar-refractivity contribution >= 4 is 29.4 Å². The third-order valence-electron chi connectivity index (χ3n) is 4.41. The molecule has 1 aliphatic carbocycles. The van der Waals surface area contributed by atoms with Crippen LogP contribution in [0.2, 0.25) is 5.02 Å². The summed E-state index contributed by atoms with van der Waals surface area (Å²) in [5.41, 5.74) is -0.177. The van der Waals surface area contributed by atoms with Gasteiger partial charge in [-0.15, -0.1) is 0 Å². The highest BCUT2D eigenvalue weighted by molar-refractivity contribution is 6.30. The van der Waals surface area contributed by atoms with Gasteiger partial charge in [-0.3, -0.25) is 14.4 Å². The summed E-state index contributed by atoms with van der Waals surface area (Å²) >= 11 is 5.84. The third-order valence-corrected chi connectivity index (χ3v) is 4.66. The van der Waals surface area contributed by atoms with Gasteiger partial charge in [0.2, 0.25) is 11.8 Å². The van der Waals surface area contributed by atoms with Crippen LogP contribution in [0.5, 0.6) is 0 Å². The van der Waals surface area contributed by atoms with E-state index in [9.17, 15) is 14.4 Å². The highest BCUT2D eigenvalue weighted by atomic mass is 35.5. The number of rotatable bonds is 3. The van der Waals surface area contributed by atoms with Gasteiger partial charge in [0, 0.05) is 11.6 Å². The lowest BCUT2D eigenvalue weighted by atomic mass is 9.65. The molecule has 1 saturated carbocycles. The highest BCUT2D eigenvalue weighted by Crippen LogP contribution is 2.45. The Morgan fingerprint density at radius 2 is 1.95 bits per heavy atom. The second-order valence-corrected chi connectivity index (χ2v) is 6.20. The molecule has 1 heterocycles. The molecule has 7 heteroatoms. The zero-order chi connectivity index (χ0) is 15.9. The van der Waals surface area contributed by atoms with Crippen molar-refractivity contribution in [3.8, 4) is 0 Å². The van der Waals surface area contributed by atoms with Gasteiger partial charge < -0.3 is 15.3 Å². The number of aliphatic carboxylic acids is 1. The van der Waals surface area contributed by atoms with Gasteiger partial charge in [0.1, 0.15) is 5.54 Å². The predicted molar refractivity (Wildman–Crippen MR) is 78.1 cm³/mol. The van der Waals surface area contributed by atoms with E-state index in [1.165, 1.54) is 4.90 Å². The normalized spacial score (nSPS) is 27.5. The van der Waals surface area contributed by atoms with E-state index in [0.29, 0.717) is 5.02 Å². The van der Waals surface area contributed by atoms with E-state index in [2.05, 4.69) is 5.32 Å². The van der Waals surface area contributed by atoms with Crippen LogP contribution in [0.15, 0.2) is 24.3 Å². The fourth-order valence-corrected chi connectivity index (χ4v) is 3.25. The molecule has 1 saturated heterocycles. The van der Waals surface area contributed by atoms with Crippen LogP contribution in [-0.2, 0) is 20.9 Å². The molecule has 0 atom stereocenters. The van der Waals surface area contributed by atoms with E-state index >= 15 is 0 Å². The molecule has 0 bridgehead atoms. The van der Waals surface area contributed by atoms with Gasteiger partial charge in [-0.2, -0.15) is 0 Å². The minimum Gasteiger partial charge on any atom is -0.481 e. The molecule has 2 N–H and O–H groups in total. The number of benzene rings is 1. The monoisotopic (exact) mass is 322 g/mol. The summed E-state index contributed by atoms with van der Waals surface area (Å²) in [4.78, 5) is 37.0. The van der Waals surface area contributed by atoms with Gasteiger partial charge in [0.25, 0.3) is 0 Å². The molecule has 2 amide bonds. The van der Waals surface area contributed by atoms with Crippen LogP contribution >= 0.6 is 11.6 Å². The number of carbonyl (C=O) groups is 3. The van der Waals surface area contributed by atoms with E-state index < -0.39 is 17.4 Å². The number of hydrogen-bond donors (Lipinski definition) is 2. The minimum atomic E-state index is -1.03. The van der Waals surface area contributed by atoms with Gasteiger partial charge in [0.15, 0.2) is 0 Å². The van der Waals surface area contributed by atoms with E-state index in [1.807, 2.05) is 0 Å². The van der Waals surface area contributed by atoms with Gasteiger partial charge in [-0.25, -0.2) is 0 Å². The highest BCUT2D eigenvalue weighted by Gasteiger charge is 2.59. The van der Waals surface area contributed by atoms with Crippen molar-refractivity contribution in [3.63, 3.8) is 0 Å². The molecule has 116 valence electrons. The Labute approximate surface area is 132 Å². The van der Waals surface area contributed by atoms with E-state index in [4.69, 9.17) is 16.7 Å². The van der Waals surface area contributed by atoms with Crippen molar-refractivity contribution in [1.82, 2.24) is 10.2 Å². The maximum Gasteiger partial charge on any atom is 0.306 e. The smallest absolute Gasteiger partial charge is 0.306 e. The predicted octanol–water partition coefficient (Wildman–Crippen LogP) is 1.03. The lowest BCUT2D eigenvalue weighted by molar-refractivity contribution is -0.172. The first-order valence-corrected chi connectivity index (χ1v) is 7.36. The summed E-state index contributed by atoms with van der Waals surface area (Å²) in [7, 11) is 0. The first-order valence-electron chi connectivity index (χ1n) is 6.98. The lowest BCUT2D eigenvalue weighted by Crippen LogP contribution is -2.72. The van der Waals surface area contributed by atoms with Crippen LogP contribution in [0.25, 0.3) is 0 Å². The maximum absolute atomic E-state index is 12.2. The van der Waals surface area contributed by atoms with Crippen LogP contribution < -0.4 is 5.32 Å². The number of nitrogens with zero attached hydrogens (tertiary/aromatic N) is 1. The second kappa shape index (κ2) is 5.28. The summed E-state index contributed by atoms with van der Waals surface area (Å²) in [6.07, 6.45) is 0.320. The molecular weight excluding hydrogens is 308 g/mol. The number of piperazine rings is 1. The fourth-order valence-electron chi connectivity index (χ4n) is 3.12. The van der Waals surface area contributed by atoms with Crippen molar-refractivity contribution in [1.29, 1.82) is 0 Å². The van der Waals surface area contributed by atoms with Crippen molar-refractivity contribution in [3.05, 3.63) is 34.9 Å². The third kappa shape index (κ3) is 2.33. The molecule has 2 fully saturated rings. The van der Waals surface area contributed by atoms with Crippen LogP contribution in [0.3, 0.4) is 0 Å². The Balaban J connectivity index is 1.85. The van der Waals surface area contributed by atoms with Crippen molar-refractivity contribution in [2.45, 2.75) is 24.9 Å². The van der Waals surface area contributed by atoms with Gasteiger partial charge in [0.05, 0.1) is 12.5 Å². The number of halogens is 1. The van der Waals surface area contributed by atoms with Crippen molar-refractivity contribution < 1.29 is 19.5 Å². The molecule has 1 aliphatic heterocycles. The summed E-state index contributed by atoms with van der Waals surface area (Å²) in [5.74, 6) is -1.97. The minimum absolute atomic E-state index is 0.0497. The maximum atomic E-state index is 12.2.